The monoisotopic (exact) mass is 314 g/mol. The average molecular weight is 314 g/mol. The van der Waals surface area contributed by atoms with E-state index in [2.05, 4.69) is 11.2 Å². The number of rotatable bonds is 2. The van der Waals surface area contributed by atoms with Gasteiger partial charge in [0.05, 0.1) is 5.52 Å². The standard InChI is InChI=1S/C14H16F2N2S2/c1-20-12-5-3-2-4-10(12)18-11-7-8(15)6-9(16)13(11)17-14(18)19/h6-7,10,12H,2-5H2,1H3,(H,17,19). The van der Waals surface area contributed by atoms with E-state index in [1.165, 1.54) is 12.5 Å². The molecular weight excluding hydrogens is 298 g/mol. The summed E-state index contributed by atoms with van der Waals surface area (Å²) in [5.41, 5.74) is 0.847. The molecule has 108 valence electrons. The van der Waals surface area contributed by atoms with Crippen LogP contribution in [0.25, 0.3) is 11.0 Å². The molecule has 2 atom stereocenters. The molecule has 1 aromatic heterocycles. The van der Waals surface area contributed by atoms with E-state index in [-0.39, 0.29) is 6.04 Å². The van der Waals surface area contributed by atoms with Crippen LogP contribution in [0.1, 0.15) is 31.7 Å². The highest BCUT2D eigenvalue weighted by Gasteiger charge is 2.28. The number of H-pyrrole nitrogens is 1. The van der Waals surface area contributed by atoms with E-state index < -0.39 is 11.6 Å². The molecule has 0 radical (unpaired) electrons. The number of hydrogen-bond acceptors (Lipinski definition) is 2. The molecule has 1 aliphatic rings. The third-order valence-electron chi connectivity index (χ3n) is 4.05. The van der Waals surface area contributed by atoms with Gasteiger partial charge >= 0.3 is 0 Å². The van der Waals surface area contributed by atoms with Gasteiger partial charge in [0.15, 0.2) is 10.6 Å². The number of aromatic nitrogens is 2. The van der Waals surface area contributed by atoms with E-state index >= 15 is 0 Å². The fourth-order valence-electron chi connectivity index (χ4n) is 3.13. The normalized spacial score (nSPS) is 23.4. The molecule has 1 aromatic carbocycles. The number of halogens is 2. The molecule has 0 saturated heterocycles. The maximum absolute atomic E-state index is 13.9. The predicted octanol–water partition coefficient (Wildman–Crippen LogP) is 4.82. The zero-order chi connectivity index (χ0) is 14.3. The van der Waals surface area contributed by atoms with Crippen molar-refractivity contribution in [2.24, 2.45) is 0 Å². The van der Waals surface area contributed by atoms with Gasteiger partial charge in [-0.1, -0.05) is 12.8 Å². The summed E-state index contributed by atoms with van der Waals surface area (Å²) in [4.78, 5) is 2.89. The Balaban J connectivity index is 2.20. The van der Waals surface area contributed by atoms with Crippen LogP contribution in [0.5, 0.6) is 0 Å². The van der Waals surface area contributed by atoms with Crippen LogP contribution in [-0.2, 0) is 0 Å². The molecule has 3 rings (SSSR count). The zero-order valence-corrected chi connectivity index (χ0v) is 12.8. The van der Waals surface area contributed by atoms with Gasteiger partial charge in [-0.25, -0.2) is 8.78 Å². The van der Waals surface area contributed by atoms with Crippen LogP contribution in [0.15, 0.2) is 12.1 Å². The van der Waals surface area contributed by atoms with Crippen molar-refractivity contribution in [3.05, 3.63) is 28.5 Å². The minimum absolute atomic E-state index is 0.209. The van der Waals surface area contributed by atoms with E-state index in [0.717, 1.165) is 25.3 Å². The van der Waals surface area contributed by atoms with Crippen molar-refractivity contribution in [1.82, 2.24) is 9.55 Å². The van der Waals surface area contributed by atoms with Gasteiger partial charge in [0, 0.05) is 17.4 Å². The third-order valence-corrected chi connectivity index (χ3v) is 5.50. The molecule has 1 saturated carbocycles. The summed E-state index contributed by atoms with van der Waals surface area (Å²) in [6.45, 7) is 0. The van der Waals surface area contributed by atoms with Gasteiger partial charge in [0.2, 0.25) is 0 Å². The summed E-state index contributed by atoms with van der Waals surface area (Å²) in [5.74, 6) is -1.14. The minimum Gasteiger partial charge on any atom is -0.328 e. The van der Waals surface area contributed by atoms with Gasteiger partial charge in [0.25, 0.3) is 0 Å². The van der Waals surface area contributed by atoms with Crippen LogP contribution in [0.4, 0.5) is 8.78 Å². The summed E-state index contributed by atoms with van der Waals surface area (Å²) >= 11 is 7.16. The molecule has 1 aliphatic carbocycles. The number of hydrogen-bond donors (Lipinski definition) is 1. The SMILES string of the molecule is CSC1CCCCC1n1c(=S)[nH]c2c(F)cc(F)cc21. The molecule has 20 heavy (non-hydrogen) atoms. The second-order valence-corrected chi connectivity index (χ2v) is 6.67. The predicted molar refractivity (Wildman–Crippen MR) is 81.8 cm³/mol. The lowest BCUT2D eigenvalue weighted by Gasteiger charge is -2.31. The molecule has 1 heterocycles. The third kappa shape index (κ3) is 2.29. The van der Waals surface area contributed by atoms with Crippen LogP contribution in [-0.4, -0.2) is 21.1 Å². The summed E-state index contributed by atoms with van der Waals surface area (Å²) in [6, 6.07) is 2.47. The molecule has 0 amide bonds. The Kier molecular flexibility index (Phi) is 3.86. The van der Waals surface area contributed by atoms with E-state index in [1.807, 2.05) is 16.3 Å². The maximum Gasteiger partial charge on any atom is 0.178 e. The quantitative estimate of drug-likeness (QED) is 0.802. The highest BCUT2D eigenvalue weighted by atomic mass is 32.2. The van der Waals surface area contributed by atoms with E-state index in [1.54, 1.807) is 0 Å². The molecule has 1 N–H and O–H groups in total. The van der Waals surface area contributed by atoms with Gasteiger partial charge in [0.1, 0.15) is 11.3 Å². The molecule has 0 aliphatic heterocycles. The van der Waals surface area contributed by atoms with Crippen molar-refractivity contribution in [2.75, 3.05) is 6.26 Å². The van der Waals surface area contributed by atoms with E-state index in [0.29, 0.717) is 21.1 Å². The molecule has 2 nitrogen and oxygen atoms in total. The first kappa shape index (κ1) is 14.1. The number of nitrogens with one attached hydrogen (secondary N) is 1. The number of fused-ring (bicyclic) bond motifs is 1. The Morgan fingerprint density at radius 2 is 2.05 bits per heavy atom. The highest BCUT2D eigenvalue weighted by molar-refractivity contribution is 7.99. The van der Waals surface area contributed by atoms with Crippen LogP contribution in [0.3, 0.4) is 0 Å². The molecule has 1 fully saturated rings. The van der Waals surface area contributed by atoms with E-state index in [4.69, 9.17) is 12.2 Å². The smallest absolute Gasteiger partial charge is 0.178 e. The molecule has 2 unspecified atom stereocenters. The number of benzene rings is 1. The lowest BCUT2D eigenvalue weighted by Crippen LogP contribution is -2.25. The summed E-state index contributed by atoms with van der Waals surface area (Å²) in [5, 5.41) is 0.445. The summed E-state index contributed by atoms with van der Waals surface area (Å²) in [7, 11) is 0. The van der Waals surface area contributed by atoms with E-state index in [9.17, 15) is 8.78 Å². The first-order valence-electron chi connectivity index (χ1n) is 6.74. The van der Waals surface area contributed by atoms with Crippen molar-refractivity contribution in [1.29, 1.82) is 0 Å². The molecule has 0 spiro atoms. The fourth-order valence-corrected chi connectivity index (χ4v) is 4.44. The Hall–Kier alpha value is -0.880. The van der Waals surface area contributed by atoms with Crippen LogP contribution < -0.4 is 0 Å². The van der Waals surface area contributed by atoms with Gasteiger partial charge in [-0.15, -0.1) is 0 Å². The second-order valence-electron chi connectivity index (χ2n) is 5.21. The zero-order valence-electron chi connectivity index (χ0n) is 11.2. The van der Waals surface area contributed by atoms with Crippen molar-refractivity contribution >= 4 is 35.0 Å². The van der Waals surface area contributed by atoms with Gasteiger partial charge < -0.3 is 9.55 Å². The summed E-state index contributed by atoms with van der Waals surface area (Å²) < 4.78 is 29.8. The highest BCUT2D eigenvalue weighted by Crippen LogP contribution is 2.38. The molecular formula is C14H16F2N2S2. The Bertz CT molecular complexity index is 692. The Morgan fingerprint density at radius 1 is 1.30 bits per heavy atom. The first-order valence-corrected chi connectivity index (χ1v) is 8.43. The minimum atomic E-state index is -0.582. The van der Waals surface area contributed by atoms with Crippen molar-refractivity contribution in [3.63, 3.8) is 0 Å². The topological polar surface area (TPSA) is 20.7 Å². The first-order chi connectivity index (χ1) is 9.61. The molecule has 2 aromatic rings. The molecule has 0 bridgehead atoms. The van der Waals surface area contributed by atoms with Crippen molar-refractivity contribution < 1.29 is 8.78 Å². The van der Waals surface area contributed by atoms with Gasteiger partial charge in [-0.2, -0.15) is 11.8 Å². The Labute approximate surface area is 125 Å². The number of aromatic amines is 1. The lowest BCUT2D eigenvalue weighted by atomic mass is 9.94. The van der Waals surface area contributed by atoms with Crippen LogP contribution in [0, 0.1) is 16.4 Å². The molecule has 6 heteroatoms. The van der Waals surface area contributed by atoms with Crippen molar-refractivity contribution in [3.8, 4) is 0 Å². The van der Waals surface area contributed by atoms with Crippen LogP contribution in [0.2, 0.25) is 0 Å². The van der Waals surface area contributed by atoms with Crippen molar-refractivity contribution in [2.45, 2.75) is 37.0 Å². The average Bonchev–Trinajstić information content (AvgIpc) is 2.75. The number of imidazole rings is 1. The summed E-state index contributed by atoms with van der Waals surface area (Å²) in [6.07, 6.45) is 6.56. The van der Waals surface area contributed by atoms with Gasteiger partial charge in [-0.05, 0) is 37.4 Å². The fraction of sp³-hybridized carbons (Fsp3) is 0.500. The maximum atomic E-state index is 13.9. The second kappa shape index (κ2) is 5.48. The number of thioether (sulfide) groups is 1. The van der Waals surface area contributed by atoms with Gasteiger partial charge in [-0.3, -0.25) is 0 Å². The number of nitrogens with zero attached hydrogens (tertiary/aromatic N) is 1. The van der Waals surface area contributed by atoms with Crippen LogP contribution >= 0.6 is 24.0 Å². The lowest BCUT2D eigenvalue weighted by molar-refractivity contribution is 0.368. The Morgan fingerprint density at radius 3 is 2.80 bits per heavy atom. The largest absolute Gasteiger partial charge is 0.328 e.